The molecule has 0 bridgehead atoms. The third-order valence-corrected chi connectivity index (χ3v) is 6.19. The molecule has 8 nitrogen and oxygen atoms in total. The van der Waals surface area contributed by atoms with Crippen LogP contribution in [0.1, 0.15) is 18.5 Å². The lowest BCUT2D eigenvalue weighted by Gasteiger charge is -2.10. The van der Waals surface area contributed by atoms with Crippen molar-refractivity contribution in [3.8, 4) is 0 Å². The average Bonchev–Trinajstić information content (AvgIpc) is 3.32. The molecule has 0 atom stereocenters. The normalized spacial score (nSPS) is 14.3. The number of carbonyl (C=O) groups excluding carboxylic acids is 1. The summed E-state index contributed by atoms with van der Waals surface area (Å²) in [6.45, 7) is 0.639. The summed E-state index contributed by atoms with van der Waals surface area (Å²) >= 11 is 1.49. The molecule has 10 heteroatoms. The lowest BCUT2D eigenvalue weighted by atomic mass is 10.3. The third-order valence-electron chi connectivity index (χ3n) is 4.04. The molecule has 0 aliphatic carbocycles. The smallest absolute Gasteiger partial charge is 0.262 e. The molecule has 0 unspecified atom stereocenters. The molecule has 4 rings (SSSR count). The van der Waals surface area contributed by atoms with Gasteiger partial charge in [0.25, 0.3) is 10.0 Å². The van der Waals surface area contributed by atoms with Crippen LogP contribution in [0.5, 0.6) is 0 Å². The van der Waals surface area contributed by atoms with E-state index in [1.165, 1.54) is 23.5 Å². The summed E-state index contributed by atoms with van der Waals surface area (Å²) in [5.41, 5.74) is 1.07. The number of hydrogen-bond donors (Lipinski definition) is 2. The highest BCUT2D eigenvalue weighted by molar-refractivity contribution is 7.90. The van der Waals surface area contributed by atoms with Crippen molar-refractivity contribution in [3.05, 3.63) is 47.7 Å². The first-order chi connectivity index (χ1) is 13.0. The Hall–Kier alpha value is -2.72. The van der Waals surface area contributed by atoms with Crippen molar-refractivity contribution in [2.45, 2.75) is 24.2 Å². The van der Waals surface area contributed by atoms with E-state index < -0.39 is 10.0 Å². The molecule has 1 aromatic carbocycles. The van der Waals surface area contributed by atoms with E-state index in [9.17, 15) is 13.2 Å². The Kier molecular flexibility index (Phi) is 4.66. The van der Waals surface area contributed by atoms with Gasteiger partial charge in [0.1, 0.15) is 5.84 Å². The standard InChI is InChI=1S/C17H17N5O3S2/c23-16(10-13-11-22-7-8-26-17(22)20-13)19-12-3-1-4-14(9-12)27(24,25)21-15-5-2-6-18-15/h1,3-4,7-9,11H,2,5-6,10H2,(H,18,21)(H,19,23). The van der Waals surface area contributed by atoms with E-state index in [1.54, 1.807) is 18.3 Å². The number of rotatable bonds is 5. The molecule has 140 valence electrons. The fourth-order valence-electron chi connectivity index (χ4n) is 2.81. The van der Waals surface area contributed by atoms with Crippen molar-refractivity contribution < 1.29 is 13.2 Å². The number of imidazole rings is 1. The van der Waals surface area contributed by atoms with Gasteiger partial charge in [-0.3, -0.25) is 18.9 Å². The number of benzene rings is 1. The zero-order valence-corrected chi connectivity index (χ0v) is 15.9. The van der Waals surface area contributed by atoms with Gasteiger partial charge in [0.2, 0.25) is 5.91 Å². The third kappa shape index (κ3) is 4.01. The number of amides is 1. The minimum absolute atomic E-state index is 0.0809. The molecule has 0 fully saturated rings. The molecule has 1 aliphatic rings. The van der Waals surface area contributed by atoms with E-state index in [-0.39, 0.29) is 17.2 Å². The molecule has 27 heavy (non-hydrogen) atoms. The van der Waals surface area contributed by atoms with Crippen LogP contribution in [0.15, 0.2) is 51.9 Å². The zero-order valence-electron chi connectivity index (χ0n) is 14.3. The zero-order chi connectivity index (χ0) is 18.9. The molecular formula is C17H17N5O3S2. The summed E-state index contributed by atoms with van der Waals surface area (Å²) in [6.07, 6.45) is 5.26. The first-order valence-corrected chi connectivity index (χ1v) is 10.7. The van der Waals surface area contributed by atoms with Crippen LogP contribution in [0.2, 0.25) is 0 Å². The molecule has 1 aliphatic heterocycles. The predicted molar refractivity (Wildman–Crippen MR) is 104 cm³/mol. The van der Waals surface area contributed by atoms with Crippen molar-refractivity contribution >= 4 is 43.8 Å². The number of thiazole rings is 1. The number of amidine groups is 1. The topological polar surface area (TPSA) is 105 Å². The highest BCUT2D eigenvalue weighted by Crippen LogP contribution is 2.17. The molecule has 1 amide bonds. The van der Waals surface area contributed by atoms with Gasteiger partial charge in [-0.25, -0.2) is 13.4 Å². The minimum Gasteiger partial charge on any atom is -0.326 e. The number of nitrogens with zero attached hydrogens (tertiary/aromatic N) is 3. The van der Waals surface area contributed by atoms with Crippen LogP contribution in [0.25, 0.3) is 4.96 Å². The van der Waals surface area contributed by atoms with E-state index in [0.717, 1.165) is 11.4 Å². The van der Waals surface area contributed by atoms with Gasteiger partial charge in [-0.2, -0.15) is 0 Å². The second-order valence-corrected chi connectivity index (χ2v) is 8.67. The molecule has 0 saturated heterocycles. The SMILES string of the molecule is O=C(Cc1cn2ccsc2n1)Nc1cccc(S(=O)(=O)NC2=NCCC2)c1. The monoisotopic (exact) mass is 403 g/mol. The van der Waals surface area contributed by atoms with Crippen molar-refractivity contribution in [2.75, 3.05) is 11.9 Å². The van der Waals surface area contributed by atoms with Crippen LogP contribution in [-0.4, -0.2) is 36.1 Å². The number of sulfonamides is 1. The number of anilines is 1. The fraction of sp³-hybridized carbons (Fsp3) is 0.235. The lowest BCUT2D eigenvalue weighted by Crippen LogP contribution is -2.29. The summed E-state index contributed by atoms with van der Waals surface area (Å²) < 4.78 is 29.3. The maximum atomic E-state index is 12.5. The van der Waals surface area contributed by atoms with Crippen LogP contribution in [0, 0.1) is 0 Å². The first-order valence-electron chi connectivity index (χ1n) is 8.37. The molecule has 0 spiro atoms. The Morgan fingerprint density at radius 2 is 2.22 bits per heavy atom. The number of nitrogens with one attached hydrogen (secondary N) is 2. The molecule has 2 aromatic heterocycles. The Bertz CT molecular complexity index is 1100. The van der Waals surface area contributed by atoms with Crippen LogP contribution in [-0.2, 0) is 21.2 Å². The van der Waals surface area contributed by atoms with Crippen LogP contribution in [0.4, 0.5) is 5.69 Å². The largest absolute Gasteiger partial charge is 0.326 e. The summed E-state index contributed by atoms with van der Waals surface area (Å²) in [5.74, 6) is 0.215. The molecule has 3 aromatic rings. The summed E-state index contributed by atoms with van der Waals surface area (Å²) in [5, 5.41) is 4.65. The number of aromatic nitrogens is 2. The summed E-state index contributed by atoms with van der Waals surface area (Å²) in [4.78, 5) is 21.7. The highest BCUT2D eigenvalue weighted by atomic mass is 32.2. The summed E-state index contributed by atoms with van der Waals surface area (Å²) in [6, 6.07) is 6.15. The second-order valence-electron chi connectivity index (χ2n) is 6.12. The van der Waals surface area contributed by atoms with Crippen molar-refractivity contribution in [3.63, 3.8) is 0 Å². The maximum Gasteiger partial charge on any atom is 0.262 e. The van der Waals surface area contributed by atoms with E-state index in [4.69, 9.17) is 0 Å². The number of fused-ring (bicyclic) bond motifs is 1. The Labute approximate surface area is 160 Å². The minimum atomic E-state index is -3.72. The van der Waals surface area contributed by atoms with Gasteiger partial charge in [0, 0.05) is 36.4 Å². The van der Waals surface area contributed by atoms with Gasteiger partial charge >= 0.3 is 0 Å². The predicted octanol–water partition coefficient (Wildman–Crippen LogP) is 2.05. The van der Waals surface area contributed by atoms with Crippen molar-refractivity contribution in [2.24, 2.45) is 4.99 Å². The van der Waals surface area contributed by atoms with Gasteiger partial charge in [-0.1, -0.05) is 6.07 Å². The van der Waals surface area contributed by atoms with E-state index in [1.807, 2.05) is 16.0 Å². The molecule has 0 radical (unpaired) electrons. The summed E-state index contributed by atoms with van der Waals surface area (Å²) in [7, 11) is -3.72. The van der Waals surface area contributed by atoms with Gasteiger partial charge in [0.15, 0.2) is 4.96 Å². The first kappa shape index (κ1) is 17.7. The van der Waals surface area contributed by atoms with E-state index in [0.29, 0.717) is 30.2 Å². The Balaban J connectivity index is 1.45. The number of aliphatic imine (C=N–C) groups is 1. The molecular weight excluding hydrogens is 386 g/mol. The molecule has 0 saturated carbocycles. The van der Waals surface area contributed by atoms with Gasteiger partial charge in [0.05, 0.1) is 17.0 Å². The lowest BCUT2D eigenvalue weighted by molar-refractivity contribution is -0.115. The van der Waals surface area contributed by atoms with Crippen molar-refractivity contribution in [1.29, 1.82) is 0 Å². The van der Waals surface area contributed by atoms with Crippen molar-refractivity contribution in [1.82, 2.24) is 14.1 Å². The van der Waals surface area contributed by atoms with Crippen LogP contribution < -0.4 is 10.0 Å². The average molecular weight is 403 g/mol. The second kappa shape index (κ2) is 7.12. The Morgan fingerprint density at radius 1 is 1.33 bits per heavy atom. The van der Waals surface area contributed by atoms with Crippen LogP contribution in [0.3, 0.4) is 0 Å². The van der Waals surface area contributed by atoms with E-state index in [2.05, 4.69) is 20.0 Å². The quantitative estimate of drug-likeness (QED) is 0.680. The van der Waals surface area contributed by atoms with E-state index >= 15 is 0 Å². The fourth-order valence-corrected chi connectivity index (χ4v) is 4.66. The van der Waals surface area contributed by atoms with Gasteiger partial charge in [-0.15, -0.1) is 11.3 Å². The molecule has 3 heterocycles. The van der Waals surface area contributed by atoms with Gasteiger partial charge in [-0.05, 0) is 24.6 Å². The number of carbonyl (C=O) groups is 1. The Morgan fingerprint density at radius 3 is 3.00 bits per heavy atom. The maximum absolute atomic E-state index is 12.5. The van der Waals surface area contributed by atoms with Gasteiger partial charge < -0.3 is 5.32 Å². The van der Waals surface area contributed by atoms with Crippen LogP contribution >= 0.6 is 11.3 Å². The highest BCUT2D eigenvalue weighted by Gasteiger charge is 2.19. The number of hydrogen-bond acceptors (Lipinski definition) is 6. The molecule has 2 N–H and O–H groups in total.